The number of halogens is 1. The Morgan fingerprint density at radius 1 is 1.36 bits per heavy atom. The van der Waals surface area contributed by atoms with Crippen LogP contribution in [0.5, 0.6) is 0 Å². The molecule has 3 heteroatoms. The van der Waals surface area contributed by atoms with Crippen LogP contribution in [0.2, 0.25) is 0 Å². The first-order chi connectivity index (χ1) is 4.91. The molecule has 62 valence electrons. The van der Waals surface area contributed by atoms with E-state index in [1.54, 1.807) is 0 Å². The van der Waals surface area contributed by atoms with Crippen LogP contribution in [0.3, 0.4) is 0 Å². The van der Waals surface area contributed by atoms with E-state index in [-0.39, 0.29) is 3.42 Å². The van der Waals surface area contributed by atoms with E-state index in [1.807, 2.05) is 13.8 Å². The van der Waals surface area contributed by atoms with E-state index in [9.17, 15) is 0 Å². The number of oxazole rings is 1. The zero-order chi connectivity index (χ0) is 8.65. The Labute approximate surface area is 80.5 Å². The van der Waals surface area contributed by atoms with Crippen molar-refractivity contribution < 1.29 is 4.42 Å². The summed E-state index contributed by atoms with van der Waals surface area (Å²) in [4.78, 5) is 4.31. The highest BCUT2D eigenvalue weighted by Gasteiger charge is 2.22. The highest BCUT2D eigenvalue weighted by atomic mass is 127. The minimum absolute atomic E-state index is 0.00319. The Kier molecular flexibility index (Phi) is 2.27. The molecule has 0 amide bonds. The zero-order valence-electron chi connectivity index (χ0n) is 7.23. The normalized spacial score (nSPS) is 12.1. The number of nitrogens with zero attached hydrogens (tertiary/aromatic N) is 1. The summed E-state index contributed by atoms with van der Waals surface area (Å²) in [7, 11) is 0. The summed E-state index contributed by atoms with van der Waals surface area (Å²) in [6.45, 7) is 8.06. The Bertz CT molecular complexity index is 240. The second-order valence-electron chi connectivity index (χ2n) is 3.13. The Balaban J connectivity index is 3.08. The van der Waals surface area contributed by atoms with Crippen LogP contribution in [0.1, 0.15) is 31.2 Å². The molecule has 0 radical (unpaired) electrons. The van der Waals surface area contributed by atoms with Gasteiger partial charge in [0.25, 0.3) is 0 Å². The third kappa shape index (κ3) is 1.95. The van der Waals surface area contributed by atoms with Crippen molar-refractivity contribution in [2.24, 2.45) is 0 Å². The number of aromatic nitrogens is 1. The van der Waals surface area contributed by atoms with Crippen molar-refractivity contribution in [3.05, 3.63) is 17.3 Å². The van der Waals surface area contributed by atoms with E-state index >= 15 is 0 Å². The fourth-order valence-corrected chi connectivity index (χ4v) is 0.958. The first-order valence-electron chi connectivity index (χ1n) is 3.54. The molecule has 0 unspecified atom stereocenters. The molecule has 0 aliphatic heterocycles. The van der Waals surface area contributed by atoms with E-state index < -0.39 is 0 Å². The molecule has 2 nitrogen and oxygen atoms in total. The maximum atomic E-state index is 5.46. The minimum Gasteiger partial charge on any atom is -0.444 e. The first-order valence-corrected chi connectivity index (χ1v) is 4.62. The highest BCUT2D eigenvalue weighted by molar-refractivity contribution is 14.1. The molecule has 0 bridgehead atoms. The fourth-order valence-electron chi connectivity index (χ4n) is 0.727. The number of hydrogen-bond donors (Lipinski definition) is 0. The van der Waals surface area contributed by atoms with Gasteiger partial charge in [-0.15, -0.1) is 0 Å². The van der Waals surface area contributed by atoms with Gasteiger partial charge in [-0.25, -0.2) is 4.98 Å². The van der Waals surface area contributed by atoms with Gasteiger partial charge in [-0.05, 0) is 27.7 Å². The quantitative estimate of drug-likeness (QED) is 0.576. The van der Waals surface area contributed by atoms with Crippen LogP contribution in [-0.4, -0.2) is 4.98 Å². The van der Waals surface area contributed by atoms with Crippen molar-refractivity contribution in [3.63, 3.8) is 0 Å². The lowest BCUT2D eigenvalue weighted by molar-refractivity contribution is 0.442. The van der Waals surface area contributed by atoms with Crippen LogP contribution in [0.25, 0.3) is 0 Å². The second-order valence-corrected chi connectivity index (χ2v) is 5.83. The lowest BCUT2D eigenvalue weighted by Gasteiger charge is -2.09. The van der Waals surface area contributed by atoms with Crippen LogP contribution < -0.4 is 0 Å². The van der Waals surface area contributed by atoms with Gasteiger partial charge in [-0.3, -0.25) is 0 Å². The van der Waals surface area contributed by atoms with Gasteiger partial charge in [-0.2, -0.15) is 0 Å². The van der Waals surface area contributed by atoms with Crippen LogP contribution >= 0.6 is 22.6 Å². The predicted octanol–water partition coefficient (Wildman–Crippen LogP) is 2.96. The zero-order valence-corrected chi connectivity index (χ0v) is 9.39. The van der Waals surface area contributed by atoms with Gasteiger partial charge in [-0.1, -0.05) is 22.6 Å². The number of alkyl halides is 1. The van der Waals surface area contributed by atoms with Gasteiger partial charge >= 0.3 is 0 Å². The number of aryl methyl sites for hydroxylation is 2. The van der Waals surface area contributed by atoms with Gasteiger partial charge in [0, 0.05) is 0 Å². The second kappa shape index (κ2) is 2.77. The highest BCUT2D eigenvalue weighted by Crippen LogP contribution is 2.30. The van der Waals surface area contributed by atoms with Gasteiger partial charge in [0.15, 0.2) is 0 Å². The maximum absolute atomic E-state index is 5.46. The molecule has 1 aromatic rings. The summed E-state index contributed by atoms with van der Waals surface area (Å²) in [6.07, 6.45) is 0. The van der Waals surface area contributed by atoms with Gasteiger partial charge < -0.3 is 4.42 Å². The average molecular weight is 265 g/mol. The largest absolute Gasteiger partial charge is 0.444 e. The molecule has 0 saturated carbocycles. The summed E-state index contributed by atoms with van der Waals surface area (Å²) >= 11 is 2.32. The molecule has 0 aliphatic rings. The average Bonchev–Trinajstić information content (AvgIpc) is 2.11. The molecule has 0 atom stereocenters. The van der Waals surface area contributed by atoms with Crippen molar-refractivity contribution in [1.29, 1.82) is 0 Å². The van der Waals surface area contributed by atoms with Gasteiger partial charge in [0.1, 0.15) is 5.76 Å². The molecule has 1 rings (SSSR count). The molecule has 0 fully saturated rings. The summed E-state index contributed by atoms with van der Waals surface area (Å²) in [5, 5.41) is 0. The summed E-state index contributed by atoms with van der Waals surface area (Å²) in [5.41, 5.74) is 0.991. The van der Waals surface area contributed by atoms with E-state index in [2.05, 4.69) is 41.4 Å². The van der Waals surface area contributed by atoms with Crippen LogP contribution in [0.4, 0.5) is 0 Å². The molecule has 0 saturated heterocycles. The Hall–Kier alpha value is -0.0600. The van der Waals surface area contributed by atoms with Crippen molar-refractivity contribution in [2.45, 2.75) is 31.1 Å². The van der Waals surface area contributed by atoms with Gasteiger partial charge in [0.05, 0.1) is 9.12 Å². The molecule has 0 aromatic carbocycles. The van der Waals surface area contributed by atoms with E-state index in [0.29, 0.717) is 0 Å². The third-order valence-corrected chi connectivity index (χ3v) is 2.00. The Morgan fingerprint density at radius 3 is 2.09 bits per heavy atom. The molecule has 0 spiro atoms. The topological polar surface area (TPSA) is 26.0 Å². The molecule has 11 heavy (non-hydrogen) atoms. The summed E-state index contributed by atoms with van der Waals surface area (Å²) in [6, 6.07) is 0. The molecule has 0 N–H and O–H groups in total. The van der Waals surface area contributed by atoms with Crippen molar-refractivity contribution in [3.8, 4) is 0 Å². The molecular weight excluding hydrogens is 253 g/mol. The van der Waals surface area contributed by atoms with Crippen molar-refractivity contribution in [2.75, 3.05) is 0 Å². The van der Waals surface area contributed by atoms with E-state index in [1.165, 1.54) is 0 Å². The van der Waals surface area contributed by atoms with Crippen LogP contribution in [0, 0.1) is 13.8 Å². The standard InChI is InChI=1S/C8H12INO/c1-5-6(2)11-7(10-5)8(3,4)9/h1-4H3. The third-order valence-electron chi connectivity index (χ3n) is 1.54. The van der Waals surface area contributed by atoms with Crippen LogP contribution in [0.15, 0.2) is 4.42 Å². The lowest BCUT2D eigenvalue weighted by atomic mass is 10.2. The molecule has 1 heterocycles. The monoisotopic (exact) mass is 265 g/mol. The molecule has 1 aromatic heterocycles. The Morgan fingerprint density at radius 2 is 1.91 bits per heavy atom. The summed E-state index contributed by atoms with van der Waals surface area (Å²) < 4.78 is 5.46. The summed E-state index contributed by atoms with van der Waals surface area (Å²) in [5.74, 6) is 1.73. The first kappa shape index (κ1) is 9.03. The smallest absolute Gasteiger partial charge is 0.210 e. The minimum atomic E-state index is -0.00319. The van der Waals surface area contributed by atoms with Gasteiger partial charge in [0.2, 0.25) is 5.89 Å². The van der Waals surface area contributed by atoms with E-state index in [4.69, 9.17) is 4.42 Å². The van der Waals surface area contributed by atoms with Crippen molar-refractivity contribution in [1.82, 2.24) is 4.98 Å². The van der Waals surface area contributed by atoms with Crippen molar-refractivity contribution >= 4 is 22.6 Å². The van der Waals surface area contributed by atoms with E-state index in [0.717, 1.165) is 17.3 Å². The molecular formula is C8H12INO. The van der Waals surface area contributed by atoms with Crippen LogP contribution in [-0.2, 0) is 3.42 Å². The number of rotatable bonds is 1. The fraction of sp³-hybridized carbons (Fsp3) is 0.625. The predicted molar refractivity (Wildman–Crippen MR) is 53.0 cm³/mol. The maximum Gasteiger partial charge on any atom is 0.210 e. The molecule has 0 aliphatic carbocycles. The number of hydrogen-bond acceptors (Lipinski definition) is 2. The lowest BCUT2D eigenvalue weighted by Crippen LogP contribution is -2.06. The SMILES string of the molecule is Cc1nc(C(C)(C)I)oc1C.